The van der Waals surface area contributed by atoms with Crippen LogP contribution in [-0.4, -0.2) is 51.2 Å². The molecule has 8 heteroatoms. The lowest BCUT2D eigenvalue weighted by molar-refractivity contribution is 0.00578. The Labute approximate surface area is 151 Å². The molecule has 1 aromatic carbocycles. The van der Waals surface area contributed by atoms with Crippen LogP contribution in [0.3, 0.4) is 0 Å². The Morgan fingerprint density at radius 3 is 2.00 bits per heavy atom. The number of benzene rings is 1. The molecule has 0 atom stereocenters. The molecule has 1 fully saturated rings. The van der Waals surface area contributed by atoms with Gasteiger partial charge in [0.05, 0.1) is 23.2 Å². The van der Waals surface area contributed by atoms with Crippen LogP contribution >= 0.6 is 0 Å². The summed E-state index contributed by atoms with van der Waals surface area (Å²) >= 11 is 0. The Morgan fingerprint density at radius 1 is 1.04 bits per heavy atom. The maximum atomic E-state index is 12.9. The fourth-order valence-corrected chi connectivity index (χ4v) is 4.22. The minimum absolute atomic E-state index is 0.181. The summed E-state index contributed by atoms with van der Waals surface area (Å²) in [6.07, 6.45) is 0. The van der Waals surface area contributed by atoms with E-state index in [1.807, 2.05) is 41.5 Å². The average molecular weight is 369 g/mol. The largest absolute Gasteiger partial charge is 0.497 e. The van der Waals surface area contributed by atoms with Crippen LogP contribution in [0.2, 0.25) is 0 Å². The van der Waals surface area contributed by atoms with Gasteiger partial charge in [0.15, 0.2) is 0 Å². The van der Waals surface area contributed by atoms with Gasteiger partial charge >= 0.3 is 7.12 Å². The fourth-order valence-electron chi connectivity index (χ4n) is 2.69. The molecule has 25 heavy (non-hydrogen) atoms. The molecule has 0 radical (unpaired) electrons. The van der Waals surface area contributed by atoms with Gasteiger partial charge in [0.1, 0.15) is 5.75 Å². The second kappa shape index (κ2) is 6.91. The molecule has 0 aromatic heterocycles. The van der Waals surface area contributed by atoms with Crippen LogP contribution < -0.4 is 10.2 Å². The number of rotatable bonds is 6. The Hall–Kier alpha value is -1.09. The summed E-state index contributed by atoms with van der Waals surface area (Å²) in [5, 5.41) is 0. The molecule has 0 unspecified atom stereocenters. The average Bonchev–Trinajstić information content (AvgIpc) is 2.76. The van der Waals surface area contributed by atoms with Gasteiger partial charge in [0, 0.05) is 19.2 Å². The predicted octanol–water partition coefficient (Wildman–Crippen LogP) is 2.02. The molecule has 2 rings (SSSR count). The fraction of sp³-hybridized carbons (Fsp3) is 0.647. The second-order valence-corrected chi connectivity index (χ2v) is 9.06. The minimum atomic E-state index is -3.60. The van der Waals surface area contributed by atoms with Gasteiger partial charge in [0.25, 0.3) is 0 Å². The van der Waals surface area contributed by atoms with Crippen molar-refractivity contribution in [3.05, 3.63) is 18.2 Å². The summed E-state index contributed by atoms with van der Waals surface area (Å²) in [7, 11) is -2.74. The van der Waals surface area contributed by atoms with E-state index in [1.54, 1.807) is 12.1 Å². The predicted molar refractivity (Wildman–Crippen MR) is 98.8 cm³/mol. The highest BCUT2D eigenvalue weighted by molar-refractivity contribution is 7.89. The van der Waals surface area contributed by atoms with E-state index in [2.05, 4.69) is 0 Å². The highest BCUT2D eigenvalue weighted by Crippen LogP contribution is 2.37. The second-order valence-electron chi connectivity index (χ2n) is 7.12. The molecule has 140 valence electrons. The normalized spacial score (nSPS) is 19.4. The van der Waals surface area contributed by atoms with E-state index < -0.39 is 28.3 Å². The summed E-state index contributed by atoms with van der Waals surface area (Å²) in [6, 6.07) is 4.89. The minimum Gasteiger partial charge on any atom is -0.497 e. The maximum absolute atomic E-state index is 12.9. The Morgan fingerprint density at radius 2 is 1.56 bits per heavy atom. The van der Waals surface area contributed by atoms with Crippen molar-refractivity contribution in [2.24, 2.45) is 0 Å². The zero-order valence-corrected chi connectivity index (χ0v) is 16.9. The van der Waals surface area contributed by atoms with E-state index in [4.69, 9.17) is 14.0 Å². The Bertz CT molecular complexity index is 713. The van der Waals surface area contributed by atoms with Crippen LogP contribution in [-0.2, 0) is 19.3 Å². The third-order valence-electron chi connectivity index (χ3n) is 5.01. The molecule has 1 aromatic rings. The number of hydrogen-bond donors (Lipinski definition) is 0. The van der Waals surface area contributed by atoms with Crippen LogP contribution in [0.1, 0.15) is 41.5 Å². The first-order valence-corrected chi connectivity index (χ1v) is 9.97. The molecule has 0 N–H and O–H groups in total. The van der Waals surface area contributed by atoms with Crippen LogP contribution in [0.15, 0.2) is 23.1 Å². The van der Waals surface area contributed by atoms with Crippen molar-refractivity contribution >= 4 is 22.6 Å². The smallest absolute Gasteiger partial charge is 0.495 e. The summed E-state index contributed by atoms with van der Waals surface area (Å²) in [4.78, 5) is 0.181. The van der Waals surface area contributed by atoms with E-state index in [1.165, 1.54) is 17.5 Å². The summed E-state index contributed by atoms with van der Waals surface area (Å²) in [6.45, 7) is 12.3. The standard InChI is InChI=1S/C17H28BNO5S/c1-8-19(9-2)25(20,21)15-11-13(10-14(12-15)22-7)18-23-16(3,4)17(5,6)24-18/h10-12H,8-9H2,1-7H3. The van der Waals surface area contributed by atoms with Gasteiger partial charge < -0.3 is 14.0 Å². The first kappa shape index (κ1) is 20.2. The summed E-state index contributed by atoms with van der Waals surface area (Å²) in [5.41, 5.74) is -0.374. The SMILES string of the molecule is CCN(CC)S(=O)(=O)c1cc(OC)cc(B2OC(C)(C)C(C)(C)O2)c1. The first-order chi connectivity index (χ1) is 11.5. The topological polar surface area (TPSA) is 65.1 Å². The van der Waals surface area contributed by atoms with E-state index in [-0.39, 0.29) is 4.90 Å². The van der Waals surface area contributed by atoms with Gasteiger partial charge in [-0.05, 0) is 45.3 Å². The molecule has 0 amide bonds. The van der Waals surface area contributed by atoms with E-state index >= 15 is 0 Å². The maximum Gasteiger partial charge on any atom is 0.495 e. The lowest BCUT2D eigenvalue weighted by Crippen LogP contribution is -2.41. The van der Waals surface area contributed by atoms with Crippen molar-refractivity contribution in [1.82, 2.24) is 4.31 Å². The molecule has 0 aliphatic carbocycles. The van der Waals surface area contributed by atoms with Crippen LogP contribution in [0.4, 0.5) is 0 Å². The molecule has 1 heterocycles. The van der Waals surface area contributed by atoms with Crippen molar-refractivity contribution in [2.75, 3.05) is 20.2 Å². The summed E-state index contributed by atoms with van der Waals surface area (Å²) in [5.74, 6) is 0.456. The van der Waals surface area contributed by atoms with Crippen LogP contribution in [0.25, 0.3) is 0 Å². The van der Waals surface area contributed by atoms with Crippen LogP contribution in [0.5, 0.6) is 5.75 Å². The summed E-state index contributed by atoms with van der Waals surface area (Å²) < 4.78 is 44.6. The third kappa shape index (κ3) is 3.72. The van der Waals surface area contributed by atoms with Crippen molar-refractivity contribution in [1.29, 1.82) is 0 Å². The molecule has 6 nitrogen and oxygen atoms in total. The van der Waals surface area contributed by atoms with Crippen molar-refractivity contribution in [3.63, 3.8) is 0 Å². The first-order valence-electron chi connectivity index (χ1n) is 8.53. The van der Waals surface area contributed by atoms with Gasteiger partial charge in [-0.15, -0.1) is 0 Å². The molecule has 1 aliphatic heterocycles. The van der Waals surface area contributed by atoms with Gasteiger partial charge in [0.2, 0.25) is 10.0 Å². The lowest BCUT2D eigenvalue weighted by atomic mass is 9.79. The number of sulfonamides is 1. The zero-order chi connectivity index (χ0) is 19.0. The third-order valence-corrected chi connectivity index (χ3v) is 7.03. The number of methoxy groups -OCH3 is 1. The van der Waals surface area contributed by atoms with Crippen molar-refractivity contribution in [2.45, 2.75) is 57.6 Å². The van der Waals surface area contributed by atoms with E-state index in [0.717, 1.165) is 0 Å². The zero-order valence-electron chi connectivity index (χ0n) is 16.1. The van der Waals surface area contributed by atoms with Gasteiger partial charge in [-0.3, -0.25) is 0 Å². The Balaban J connectivity index is 2.49. The van der Waals surface area contributed by atoms with Crippen molar-refractivity contribution in [3.8, 4) is 5.75 Å². The van der Waals surface area contributed by atoms with E-state index in [0.29, 0.717) is 24.3 Å². The molecule has 0 bridgehead atoms. The highest BCUT2D eigenvalue weighted by Gasteiger charge is 2.52. The molecular formula is C17H28BNO5S. The van der Waals surface area contributed by atoms with Gasteiger partial charge in [-0.25, -0.2) is 8.42 Å². The highest BCUT2D eigenvalue weighted by atomic mass is 32.2. The quantitative estimate of drug-likeness (QED) is 0.718. The van der Waals surface area contributed by atoms with Gasteiger partial charge in [-0.1, -0.05) is 13.8 Å². The molecule has 1 saturated heterocycles. The van der Waals surface area contributed by atoms with Gasteiger partial charge in [-0.2, -0.15) is 4.31 Å². The number of nitrogens with zero attached hydrogens (tertiary/aromatic N) is 1. The van der Waals surface area contributed by atoms with E-state index in [9.17, 15) is 8.42 Å². The number of ether oxygens (including phenoxy) is 1. The van der Waals surface area contributed by atoms with Crippen molar-refractivity contribution < 1.29 is 22.5 Å². The molecule has 0 saturated carbocycles. The lowest BCUT2D eigenvalue weighted by Gasteiger charge is -2.32. The number of hydrogen-bond acceptors (Lipinski definition) is 5. The molecule has 0 spiro atoms. The van der Waals surface area contributed by atoms with Crippen LogP contribution in [0, 0.1) is 0 Å². The Kier molecular flexibility index (Phi) is 5.59. The molecule has 1 aliphatic rings. The monoisotopic (exact) mass is 369 g/mol. The molecular weight excluding hydrogens is 341 g/mol.